The number of hydrogen-bond acceptors (Lipinski definition) is 4. The Hall–Kier alpha value is -1.43. The lowest BCUT2D eigenvalue weighted by molar-refractivity contribution is -0.121. The van der Waals surface area contributed by atoms with Crippen LogP contribution in [0.4, 0.5) is 0 Å². The monoisotopic (exact) mass is 251 g/mol. The fourth-order valence-corrected chi connectivity index (χ4v) is 2.26. The van der Waals surface area contributed by atoms with Crippen molar-refractivity contribution in [3.05, 3.63) is 12.4 Å². The Bertz CT molecular complexity index is 345. The van der Waals surface area contributed by atoms with E-state index in [4.69, 9.17) is 0 Å². The van der Waals surface area contributed by atoms with E-state index >= 15 is 0 Å². The maximum absolute atomic E-state index is 11.6. The number of hydrogen-bond donors (Lipinski definition) is 2. The number of carbonyl (C=O) groups is 1. The van der Waals surface area contributed by atoms with E-state index in [1.165, 1.54) is 12.8 Å². The van der Waals surface area contributed by atoms with Crippen molar-refractivity contribution in [1.29, 1.82) is 0 Å². The first-order chi connectivity index (χ1) is 8.84. The van der Waals surface area contributed by atoms with Gasteiger partial charge in [-0.1, -0.05) is 5.21 Å². The zero-order valence-corrected chi connectivity index (χ0v) is 10.6. The van der Waals surface area contributed by atoms with Crippen LogP contribution in [-0.2, 0) is 11.3 Å². The van der Waals surface area contributed by atoms with Gasteiger partial charge in [0.1, 0.15) is 0 Å². The molecule has 1 fully saturated rings. The number of nitrogens with zero attached hydrogens (tertiary/aromatic N) is 3. The molecule has 2 rings (SSSR count). The molecule has 1 atom stereocenters. The molecule has 18 heavy (non-hydrogen) atoms. The van der Waals surface area contributed by atoms with Gasteiger partial charge in [-0.3, -0.25) is 9.48 Å². The summed E-state index contributed by atoms with van der Waals surface area (Å²) in [5, 5.41) is 13.8. The standard InChI is InChI=1S/C12H21N5O/c18-12(4-3-11-2-1-5-13-10-11)14-6-8-17-9-7-15-16-17/h7,9,11,13H,1-6,8,10H2,(H,14,18). The van der Waals surface area contributed by atoms with Gasteiger partial charge in [0.15, 0.2) is 0 Å². The van der Waals surface area contributed by atoms with E-state index in [2.05, 4.69) is 20.9 Å². The molecule has 1 unspecified atom stereocenters. The molecule has 1 aliphatic heterocycles. The van der Waals surface area contributed by atoms with Crippen LogP contribution >= 0.6 is 0 Å². The molecule has 2 N–H and O–H groups in total. The molecule has 100 valence electrons. The average molecular weight is 251 g/mol. The summed E-state index contributed by atoms with van der Waals surface area (Å²) in [6.45, 7) is 3.48. The van der Waals surface area contributed by atoms with Crippen LogP contribution < -0.4 is 10.6 Å². The van der Waals surface area contributed by atoms with Gasteiger partial charge in [0.2, 0.25) is 5.91 Å². The predicted octanol–water partition coefficient (Wildman–Crippen LogP) is 0.174. The first-order valence-corrected chi connectivity index (χ1v) is 6.66. The number of aromatic nitrogens is 3. The Morgan fingerprint density at radius 2 is 2.50 bits per heavy atom. The Labute approximate surface area is 107 Å². The summed E-state index contributed by atoms with van der Waals surface area (Å²) in [4.78, 5) is 11.6. The van der Waals surface area contributed by atoms with Gasteiger partial charge in [0.05, 0.1) is 12.7 Å². The fourth-order valence-electron chi connectivity index (χ4n) is 2.26. The molecule has 0 aromatic carbocycles. The van der Waals surface area contributed by atoms with E-state index in [1.54, 1.807) is 17.1 Å². The number of nitrogens with one attached hydrogen (secondary N) is 2. The van der Waals surface area contributed by atoms with Crippen LogP contribution in [0.25, 0.3) is 0 Å². The first kappa shape index (κ1) is 13.0. The summed E-state index contributed by atoms with van der Waals surface area (Å²) in [5.74, 6) is 0.806. The minimum Gasteiger partial charge on any atom is -0.354 e. The quantitative estimate of drug-likeness (QED) is 0.756. The van der Waals surface area contributed by atoms with Gasteiger partial charge < -0.3 is 10.6 Å². The Morgan fingerprint density at radius 3 is 3.22 bits per heavy atom. The van der Waals surface area contributed by atoms with E-state index in [1.807, 2.05) is 0 Å². The van der Waals surface area contributed by atoms with Gasteiger partial charge >= 0.3 is 0 Å². The summed E-state index contributed by atoms with van der Waals surface area (Å²) in [6.07, 6.45) is 7.53. The zero-order chi connectivity index (χ0) is 12.6. The van der Waals surface area contributed by atoms with Crippen molar-refractivity contribution >= 4 is 5.91 Å². The molecule has 1 saturated heterocycles. The normalized spacial score (nSPS) is 19.7. The van der Waals surface area contributed by atoms with E-state index in [0.717, 1.165) is 19.5 Å². The molecule has 0 bridgehead atoms. The molecule has 6 heteroatoms. The average Bonchev–Trinajstić information content (AvgIpc) is 2.91. The Balaban J connectivity index is 1.54. The third-order valence-electron chi connectivity index (χ3n) is 3.31. The molecule has 0 radical (unpaired) electrons. The number of amides is 1. The highest BCUT2D eigenvalue weighted by molar-refractivity contribution is 5.75. The minimum atomic E-state index is 0.140. The van der Waals surface area contributed by atoms with E-state index in [9.17, 15) is 4.79 Å². The van der Waals surface area contributed by atoms with Crippen LogP contribution in [0.1, 0.15) is 25.7 Å². The van der Waals surface area contributed by atoms with Crippen molar-refractivity contribution in [2.45, 2.75) is 32.2 Å². The predicted molar refractivity (Wildman–Crippen MR) is 67.9 cm³/mol. The molecule has 0 spiro atoms. The van der Waals surface area contributed by atoms with Gasteiger partial charge in [-0.25, -0.2) is 0 Å². The second-order valence-corrected chi connectivity index (χ2v) is 4.77. The Morgan fingerprint density at radius 1 is 1.56 bits per heavy atom. The van der Waals surface area contributed by atoms with Crippen molar-refractivity contribution in [3.8, 4) is 0 Å². The highest BCUT2D eigenvalue weighted by Crippen LogP contribution is 2.15. The lowest BCUT2D eigenvalue weighted by atomic mass is 9.94. The molecule has 1 aromatic rings. The molecule has 2 heterocycles. The first-order valence-electron chi connectivity index (χ1n) is 6.66. The third kappa shape index (κ3) is 4.44. The lowest BCUT2D eigenvalue weighted by Crippen LogP contribution is -2.32. The van der Waals surface area contributed by atoms with Crippen molar-refractivity contribution in [2.24, 2.45) is 5.92 Å². The number of rotatable bonds is 6. The van der Waals surface area contributed by atoms with Gasteiger partial charge in [-0.05, 0) is 38.3 Å². The van der Waals surface area contributed by atoms with Gasteiger partial charge in [-0.2, -0.15) is 0 Å². The van der Waals surface area contributed by atoms with Crippen LogP contribution in [0.3, 0.4) is 0 Å². The van der Waals surface area contributed by atoms with Crippen LogP contribution in [0.15, 0.2) is 12.4 Å². The highest BCUT2D eigenvalue weighted by Gasteiger charge is 2.14. The molecule has 6 nitrogen and oxygen atoms in total. The highest BCUT2D eigenvalue weighted by atomic mass is 16.1. The zero-order valence-electron chi connectivity index (χ0n) is 10.6. The van der Waals surface area contributed by atoms with Crippen LogP contribution in [0.5, 0.6) is 0 Å². The summed E-state index contributed by atoms with van der Waals surface area (Å²) in [7, 11) is 0. The summed E-state index contributed by atoms with van der Waals surface area (Å²) in [6, 6.07) is 0. The molecule has 0 saturated carbocycles. The third-order valence-corrected chi connectivity index (χ3v) is 3.31. The second-order valence-electron chi connectivity index (χ2n) is 4.77. The van der Waals surface area contributed by atoms with Gasteiger partial charge in [0, 0.05) is 19.2 Å². The van der Waals surface area contributed by atoms with Crippen LogP contribution in [0, 0.1) is 5.92 Å². The van der Waals surface area contributed by atoms with Crippen molar-refractivity contribution in [2.75, 3.05) is 19.6 Å². The van der Waals surface area contributed by atoms with Crippen molar-refractivity contribution in [3.63, 3.8) is 0 Å². The maximum Gasteiger partial charge on any atom is 0.220 e. The van der Waals surface area contributed by atoms with Crippen molar-refractivity contribution in [1.82, 2.24) is 25.6 Å². The van der Waals surface area contributed by atoms with Crippen LogP contribution in [0.2, 0.25) is 0 Å². The smallest absolute Gasteiger partial charge is 0.220 e. The Kier molecular flexibility index (Phi) is 5.14. The lowest BCUT2D eigenvalue weighted by Gasteiger charge is -2.22. The summed E-state index contributed by atoms with van der Waals surface area (Å²) >= 11 is 0. The van der Waals surface area contributed by atoms with Gasteiger partial charge in [-0.15, -0.1) is 5.10 Å². The molecule has 1 aromatic heterocycles. The molecule has 1 aliphatic rings. The second kappa shape index (κ2) is 7.10. The topological polar surface area (TPSA) is 71.8 Å². The maximum atomic E-state index is 11.6. The fraction of sp³-hybridized carbons (Fsp3) is 0.750. The molecular weight excluding hydrogens is 230 g/mol. The molecule has 1 amide bonds. The SMILES string of the molecule is O=C(CCC1CCCNC1)NCCn1ccnn1. The van der Waals surface area contributed by atoms with Gasteiger partial charge in [0.25, 0.3) is 0 Å². The molecule has 0 aliphatic carbocycles. The van der Waals surface area contributed by atoms with Crippen LogP contribution in [-0.4, -0.2) is 40.5 Å². The summed E-state index contributed by atoms with van der Waals surface area (Å²) < 4.78 is 1.71. The minimum absolute atomic E-state index is 0.140. The number of piperidine rings is 1. The summed E-state index contributed by atoms with van der Waals surface area (Å²) in [5.41, 5.74) is 0. The van der Waals surface area contributed by atoms with E-state index < -0.39 is 0 Å². The largest absolute Gasteiger partial charge is 0.354 e. The van der Waals surface area contributed by atoms with E-state index in [-0.39, 0.29) is 5.91 Å². The van der Waals surface area contributed by atoms with E-state index in [0.29, 0.717) is 25.4 Å². The molecular formula is C12H21N5O. The van der Waals surface area contributed by atoms with Crippen molar-refractivity contribution < 1.29 is 4.79 Å². The number of carbonyl (C=O) groups excluding carboxylic acids is 1.